The van der Waals surface area contributed by atoms with Gasteiger partial charge in [-0.25, -0.2) is 0 Å². The number of hydrogen-bond donors (Lipinski definition) is 1. The second-order valence-corrected chi connectivity index (χ2v) is 11.6. The smallest absolute Gasteiger partial charge is 0.311 e. The molecule has 0 aliphatic heterocycles. The number of aliphatic carboxylic acids is 1. The Morgan fingerprint density at radius 2 is 2.15 bits per heavy atom. The molecule has 2 saturated carbocycles. The van der Waals surface area contributed by atoms with Crippen molar-refractivity contribution in [2.75, 3.05) is 19.1 Å². The van der Waals surface area contributed by atoms with Gasteiger partial charge in [-0.1, -0.05) is 25.5 Å². The van der Waals surface area contributed by atoms with Gasteiger partial charge in [0.15, 0.2) is 5.76 Å². The number of hydrogen-bond acceptors (Lipinski definition) is 6. The van der Waals surface area contributed by atoms with E-state index in [1.165, 1.54) is 12.7 Å². The molecule has 6 nitrogen and oxygen atoms in total. The first kappa shape index (κ1) is 26.9. The minimum Gasteiger partial charge on any atom is -0.544 e. The minimum atomic E-state index is -1.02. The molecule has 0 unspecified atom stereocenters. The number of quaternary nitrogens is 1. The Morgan fingerprint density at radius 3 is 2.82 bits per heavy atom. The molecule has 1 aromatic heterocycles. The van der Waals surface area contributed by atoms with Gasteiger partial charge in [0.1, 0.15) is 12.6 Å². The summed E-state index contributed by atoms with van der Waals surface area (Å²) in [6, 6.07) is 1.44. The van der Waals surface area contributed by atoms with Gasteiger partial charge in [-0.15, -0.1) is 0 Å². The number of carbonyl (C=O) groups is 2. The van der Waals surface area contributed by atoms with Gasteiger partial charge in [0, 0.05) is 6.42 Å². The van der Waals surface area contributed by atoms with Crippen LogP contribution in [-0.2, 0) is 27.3 Å². The van der Waals surface area contributed by atoms with Gasteiger partial charge in [-0.3, -0.25) is 4.79 Å². The lowest BCUT2D eigenvalue weighted by molar-refractivity contribution is -0.700. The zero-order chi connectivity index (χ0) is 24.9. The summed E-state index contributed by atoms with van der Waals surface area (Å²) in [5, 5.41) is 13.3. The lowest BCUT2D eigenvalue weighted by atomic mass is 9.46. The Bertz CT molecular complexity index is 882. The van der Waals surface area contributed by atoms with Crippen LogP contribution in [0.3, 0.4) is 0 Å². The van der Waals surface area contributed by atoms with Crippen molar-refractivity contribution in [1.29, 1.82) is 0 Å². The zero-order valence-electron chi connectivity index (χ0n) is 21.2. The number of carboxylic acid groups (broad SMARTS) is 1. The Hall–Kier alpha value is -1.73. The van der Waals surface area contributed by atoms with Crippen molar-refractivity contribution in [3.63, 3.8) is 0 Å². The van der Waals surface area contributed by atoms with E-state index in [0.29, 0.717) is 18.9 Å². The van der Waals surface area contributed by atoms with Gasteiger partial charge < -0.3 is 24.4 Å². The number of thioether (sulfide) groups is 1. The minimum absolute atomic E-state index is 0.0183. The van der Waals surface area contributed by atoms with Gasteiger partial charge in [-0.2, -0.15) is 11.8 Å². The summed E-state index contributed by atoms with van der Waals surface area (Å²) in [6.07, 6.45) is 11.0. The molecule has 0 aromatic carbocycles. The normalized spacial score (nSPS) is 29.9. The molecule has 0 saturated heterocycles. The summed E-state index contributed by atoms with van der Waals surface area (Å²) in [6.45, 7) is 9.39. The van der Waals surface area contributed by atoms with E-state index >= 15 is 0 Å². The predicted octanol–water partition coefficient (Wildman–Crippen LogP) is 3.10. The zero-order valence-corrected chi connectivity index (χ0v) is 22.0. The first-order valence-corrected chi connectivity index (χ1v) is 13.9. The maximum absolute atomic E-state index is 12.8. The average Bonchev–Trinajstić information content (AvgIpc) is 3.24. The van der Waals surface area contributed by atoms with Crippen molar-refractivity contribution < 1.29 is 29.2 Å². The molecule has 1 heterocycles. The van der Waals surface area contributed by atoms with Gasteiger partial charge >= 0.3 is 5.97 Å². The maximum Gasteiger partial charge on any atom is 0.311 e. The number of methoxy groups -OCH3 is 1. The van der Waals surface area contributed by atoms with E-state index in [1.807, 2.05) is 17.6 Å². The SMILES string of the molecule is C=C1CC[C@H]2[C@@](C)(CCC[C@@]2(C)C(=O)OC)[C@H]1CCc1ccoc1C[NH2+][C@@H](CCSC)C(=O)[O-]. The highest BCUT2D eigenvalue weighted by Gasteiger charge is 2.57. The molecule has 2 aliphatic rings. The van der Waals surface area contributed by atoms with Crippen LogP contribution < -0.4 is 10.4 Å². The lowest BCUT2D eigenvalue weighted by Crippen LogP contribution is -2.91. The topological polar surface area (TPSA) is 96.2 Å². The van der Waals surface area contributed by atoms with E-state index in [9.17, 15) is 14.7 Å². The molecule has 2 aliphatic carbocycles. The average molecular weight is 492 g/mol. The lowest BCUT2D eigenvalue weighted by Gasteiger charge is -2.57. The molecule has 0 radical (unpaired) electrons. The number of aryl methyl sites for hydroxylation is 1. The van der Waals surface area contributed by atoms with Crippen molar-refractivity contribution in [1.82, 2.24) is 0 Å². The fourth-order valence-electron chi connectivity index (χ4n) is 6.85. The maximum atomic E-state index is 12.8. The van der Waals surface area contributed by atoms with Crippen LogP contribution >= 0.6 is 11.8 Å². The molecule has 2 N–H and O–H groups in total. The van der Waals surface area contributed by atoms with Crippen molar-refractivity contribution >= 4 is 23.7 Å². The molecular weight excluding hydrogens is 450 g/mol. The van der Waals surface area contributed by atoms with Crippen molar-refractivity contribution in [2.45, 2.75) is 77.8 Å². The van der Waals surface area contributed by atoms with E-state index in [0.717, 1.165) is 62.0 Å². The van der Waals surface area contributed by atoms with Crippen molar-refractivity contribution in [3.8, 4) is 0 Å². The van der Waals surface area contributed by atoms with E-state index in [4.69, 9.17) is 9.15 Å². The fraction of sp³-hybridized carbons (Fsp3) is 0.704. The summed E-state index contributed by atoms with van der Waals surface area (Å²) < 4.78 is 11.0. The van der Waals surface area contributed by atoms with E-state index in [1.54, 1.807) is 18.0 Å². The number of fused-ring (bicyclic) bond motifs is 1. The molecule has 190 valence electrons. The number of ether oxygens (including phenoxy) is 1. The number of rotatable bonds is 11. The highest BCUT2D eigenvalue weighted by molar-refractivity contribution is 7.98. The van der Waals surface area contributed by atoms with Crippen LogP contribution in [0.4, 0.5) is 0 Å². The molecular formula is C27H41NO5S. The third-order valence-electron chi connectivity index (χ3n) is 8.73. The van der Waals surface area contributed by atoms with E-state index in [2.05, 4.69) is 20.4 Å². The molecule has 7 heteroatoms. The number of esters is 1. The fourth-order valence-corrected chi connectivity index (χ4v) is 7.34. The predicted molar refractivity (Wildman–Crippen MR) is 132 cm³/mol. The Kier molecular flexibility index (Phi) is 8.96. The van der Waals surface area contributed by atoms with Gasteiger partial charge in [0.2, 0.25) is 0 Å². The van der Waals surface area contributed by atoms with Crippen LogP contribution in [0, 0.1) is 22.7 Å². The molecule has 0 bridgehead atoms. The summed E-state index contributed by atoms with van der Waals surface area (Å²) in [4.78, 5) is 24.3. The highest BCUT2D eigenvalue weighted by atomic mass is 32.2. The third kappa shape index (κ3) is 5.40. The first-order valence-electron chi connectivity index (χ1n) is 12.5. The molecule has 1 aromatic rings. The number of carboxylic acids is 1. The van der Waals surface area contributed by atoms with E-state index < -0.39 is 17.4 Å². The van der Waals surface area contributed by atoms with Crippen LogP contribution in [-0.4, -0.2) is 37.1 Å². The third-order valence-corrected chi connectivity index (χ3v) is 9.38. The summed E-state index contributed by atoms with van der Waals surface area (Å²) in [5.41, 5.74) is 2.00. The van der Waals surface area contributed by atoms with Crippen LogP contribution in [0.1, 0.15) is 70.1 Å². The van der Waals surface area contributed by atoms with Crippen molar-refractivity contribution in [3.05, 3.63) is 35.8 Å². The standard InChI is InChI=1S/C27H41NO5S/c1-18-7-10-23-26(2,13-6-14-27(23,3)25(31)32-4)20(18)9-8-19-11-15-33-22(19)17-28-21(24(29)30)12-16-34-5/h11,15,20-21,23,28H,1,6-10,12-14,16-17H2,2-5H3,(H,29,30)/t20-,21-,23-,26-,27+/m0/s1. The molecule has 2 fully saturated rings. The van der Waals surface area contributed by atoms with Crippen molar-refractivity contribution in [2.24, 2.45) is 22.7 Å². The van der Waals surface area contributed by atoms with Gasteiger partial charge in [0.25, 0.3) is 0 Å². The number of carbonyl (C=O) groups excluding carboxylic acids is 2. The van der Waals surface area contributed by atoms with E-state index in [-0.39, 0.29) is 17.3 Å². The number of nitrogens with two attached hydrogens (primary N) is 1. The molecule has 0 amide bonds. The van der Waals surface area contributed by atoms with Crippen LogP contribution in [0.2, 0.25) is 0 Å². The number of furan rings is 1. The quantitative estimate of drug-likeness (QED) is 0.377. The van der Waals surface area contributed by atoms with Crippen LogP contribution in [0.25, 0.3) is 0 Å². The second kappa shape index (κ2) is 11.3. The summed E-state index contributed by atoms with van der Waals surface area (Å²) in [5.74, 6) is 1.14. The Balaban J connectivity index is 1.71. The second-order valence-electron chi connectivity index (χ2n) is 10.6. The number of allylic oxidation sites excluding steroid dienone is 1. The Labute approximate surface area is 208 Å². The largest absolute Gasteiger partial charge is 0.544 e. The monoisotopic (exact) mass is 491 g/mol. The van der Waals surface area contributed by atoms with Crippen LogP contribution in [0.15, 0.2) is 28.9 Å². The first-order chi connectivity index (χ1) is 16.2. The molecule has 5 atom stereocenters. The summed E-state index contributed by atoms with van der Waals surface area (Å²) in [7, 11) is 1.50. The molecule has 3 rings (SSSR count). The van der Waals surface area contributed by atoms with Gasteiger partial charge in [-0.05, 0) is 86.3 Å². The molecule has 0 spiro atoms. The highest BCUT2D eigenvalue weighted by Crippen LogP contribution is 2.62. The van der Waals surface area contributed by atoms with Gasteiger partial charge in [0.05, 0.1) is 24.8 Å². The Morgan fingerprint density at radius 1 is 1.38 bits per heavy atom. The molecule has 34 heavy (non-hydrogen) atoms. The van der Waals surface area contributed by atoms with Crippen LogP contribution in [0.5, 0.6) is 0 Å². The summed E-state index contributed by atoms with van der Waals surface area (Å²) >= 11 is 1.64.